The standard InChI is InChI=1S/C20H24ClN3O2S/c1-25-18-8-7-16(13-19(18)26-2)22-20(27)24-11-9-23(10-12-24)14-15-5-3-4-6-17(15)21/h3-8,13H,9-12,14H2,1-2H3,(H,22,27). The number of nitrogens with zero attached hydrogens (tertiary/aromatic N) is 2. The van der Waals surface area contributed by atoms with Gasteiger partial charge >= 0.3 is 0 Å². The number of halogens is 1. The Morgan fingerprint density at radius 3 is 2.41 bits per heavy atom. The first-order valence-corrected chi connectivity index (χ1v) is 9.63. The summed E-state index contributed by atoms with van der Waals surface area (Å²) in [4.78, 5) is 4.59. The molecule has 0 unspecified atom stereocenters. The number of rotatable bonds is 5. The fraction of sp³-hybridized carbons (Fsp3) is 0.350. The van der Waals surface area contributed by atoms with E-state index in [2.05, 4.69) is 21.2 Å². The van der Waals surface area contributed by atoms with Crippen LogP contribution in [0.25, 0.3) is 0 Å². The van der Waals surface area contributed by atoms with Crippen LogP contribution in [-0.2, 0) is 6.54 Å². The molecule has 27 heavy (non-hydrogen) atoms. The Balaban J connectivity index is 1.53. The van der Waals surface area contributed by atoms with Crippen LogP contribution in [0.5, 0.6) is 11.5 Å². The molecular weight excluding hydrogens is 382 g/mol. The van der Waals surface area contributed by atoms with Crippen LogP contribution in [0, 0.1) is 0 Å². The van der Waals surface area contributed by atoms with Gasteiger partial charge in [0, 0.05) is 49.5 Å². The highest BCUT2D eigenvalue weighted by Gasteiger charge is 2.20. The summed E-state index contributed by atoms with van der Waals surface area (Å²) in [5.41, 5.74) is 2.05. The third-order valence-electron chi connectivity index (χ3n) is 4.65. The van der Waals surface area contributed by atoms with Crippen molar-refractivity contribution >= 4 is 34.6 Å². The van der Waals surface area contributed by atoms with Crippen LogP contribution in [0.4, 0.5) is 5.69 Å². The van der Waals surface area contributed by atoms with Gasteiger partial charge in [-0.05, 0) is 36.0 Å². The van der Waals surface area contributed by atoms with Gasteiger partial charge in [-0.2, -0.15) is 0 Å². The molecule has 0 spiro atoms. The summed E-state index contributed by atoms with van der Waals surface area (Å²) in [6, 6.07) is 13.7. The summed E-state index contributed by atoms with van der Waals surface area (Å²) in [6.45, 7) is 4.51. The lowest BCUT2D eigenvalue weighted by Crippen LogP contribution is -2.49. The number of hydrogen-bond acceptors (Lipinski definition) is 4. The second-order valence-electron chi connectivity index (χ2n) is 6.35. The normalized spacial score (nSPS) is 14.7. The van der Waals surface area contributed by atoms with Crippen molar-refractivity contribution in [3.63, 3.8) is 0 Å². The third kappa shape index (κ3) is 5.03. The van der Waals surface area contributed by atoms with E-state index in [1.54, 1.807) is 14.2 Å². The highest BCUT2D eigenvalue weighted by Crippen LogP contribution is 2.30. The smallest absolute Gasteiger partial charge is 0.173 e. The SMILES string of the molecule is COc1ccc(NC(=S)N2CCN(Cc3ccccc3Cl)CC2)cc1OC. The minimum absolute atomic E-state index is 0.676. The van der Waals surface area contributed by atoms with Crippen molar-refractivity contribution in [1.82, 2.24) is 9.80 Å². The fourth-order valence-electron chi connectivity index (χ4n) is 3.09. The maximum absolute atomic E-state index is 6.27. The molecule has 0 atom stereocenters. The predicted molar refractivity (Wildman–Crippen MR) is 114 cm³/mol. The topological polar surface area (TPSA) is 37.0 Å². The average Bonchev–Trinajstić information content (AvgIpc) is 2.70. The van der Waals surface area contributed by atoms with Crippen molar-refractivity contribution in [2.45, 2.75) is 6.54 Å². The molecule has 0 aromatic heterocycles. The van der Waals surface area contributed by atoms with Crippen LogP contribution in [0.15, 0.2) is 42.5 Å². The molecule has 7 heteroatoms. The van der Waals surface area contributed by atoms with E-state index < -0.39 is 0 Å². The molecule has 0 radical (unpaired) electrons. The largest absolute Gasteiger partial charge is 0.493 e. The number of nitrogens with one attached hydrogen (secondary N) is 1. The number of hydrogen-bond donors (Lipinski definition) is 1. The molecule has 2 aromatic carbocycles. The average molecular weight is 406 g/mol. The van der Waals surface area contributed by atoms with Gasteiger partial charge in [-0.15, -0.1) is 0 Å². The molecule has 5 nitrogen and oxygen atoms in total. The van der Waals surface area contributed by atoms with E-state index in [0.717, 1.165) is 48.5 Å². The summed E-state index contributed by atoms with van der Waals surface area (Å²) in [6.07, 6.45) is 0. The minimum atomic E-state index is 0.676. The Kier molecular flexibility index (Phi) is 6.77. The van der Waals surface area contributed by atoms with E-state index in [4.69, 9.17) is 33.3 Å². The van der Waals surface area contributed by atoms with E-state index in [-0.39, 0.29) is 0 Å². The first-order valence-electron chi connectivity index (χ1n) is 8.84. The first kappa shape index (κ1) is 19.7. The van der Waals surface area contributed by atoms with E-state index in [9.17, 15) is 0 Å². The summed E-state index contributed by atoms with van der Waals surface area (Å²) in [5, 5.41) is 4.84. The fourth-order valence-corrected chi connectivity index (χ4v) is 3.59. The molecule has 0 bridgehead atoms. The van der Waals surface area contributed by atoms with E-state index >= 15 is 0 Å². The summed E-state index contributed by atoms with van der Waals surface area (Å²) in [7, 11) is 3.25. The van der Waals surface area contributed by atoms with Gasteiger partial charge in [0.2, 0.25) is 0 Å². The summed E-state index contributed by atoms with van der Waals surface area (Å²) < 4.78 is 10.6. The predicted octanol–water partition coefficient (Wildman–Crippen LogP) is 3.87. The van der Waals surface area contributed by atoms with Crippen molar-refractivity contribution in [2.75, 3.05) is 45.7 Å². The first-order chi connectivity index (χ1) is 13.1. The van der Waals surface area contributed by atoms with Crippen molar-refractivity contribution in [1.29, 1.82) is 0 Å². The van der Waals surface area contributed by atoms with Crippen molar-refractivity contribution in [3.05, 3.63) is 53.1 Å². The van der Waals surface area contributed by atoms with Crippen LogP contribution in [0.3, 0.4) is 0 Å². The zero-order valence-electron chi connectivity index (χ0n) is 15.6. The number of methoxy groups -OCH3 is 2. The zero-order chi connectivity index (χ0) is 19.2. The van der Waals surface area contributed by atoms with E-state index in [0.29, 0.717) is 11.5 Å². The van der Waals surface area contributed by atoms with Gasteiger partial charge in [0.25, 0.3) is 0 Å². The monoisotopic (exact) mass is 405 g/mol. The Morgan fingerprint density at radius 1 is 1.04 bits per heavy atom. The second-order valence-corrected chi connectivity index (χ2v) is 7.15. The molecule has 144 valence electrons. The lowest BCUT2D eigenvalue weighted by Gasteiger charge is -2.36. The Morgan fingerprint density at radius 2 is 1.74 bits per heavy atom. The number of ether oxygens (including phenoxy) is 2. The molecule has 1 saturated heterocycles. The maximum atomic E-state index is 6.27. The van der Waals surface area contributed by atoms with Gasteiger partial charge in [0.05, 0.1) is 14.2 Å². The van der Waals surface area contributed by atoms with Gasteiger partial charge in [-0.25, -0.2) is 0 Å². The molecule has 2 aromatic rings. The van der Waals surface area contributed by atoms with Crippen molar-refractivity contribution in [3.8, 4) is 11.5 Å². The van der Waals surface area contributed by atoms with Gasteiger partial charge < -0.3 is 19.7 Å². The molecule has 1 N–H and O–H groups in total. The molecule has 0 saturated carbocycles. The molecule has 3 rings (SSSR count). The number of thiocarbonyl (C=S) groups is 1. The van der Waals surface area contributed by atoms with Crippen LogP contribution in [0.1, 0.15) is 5.56 Å². The summed E-state index contributed by atoms with van der Waals surface area (Å²) >= 11 is 11.9. The van der Waals surface area contributed by atoms with Crippen LogP contribution in [0.2, 0.25) is 5.02 Å². The molecule has 0 amide bonds. The molecule has 0 aliphatic carbocycles. The number of anilines is 1. The Bertz CT molecular complexity index is 795. The highest BCUT2D eigenvalue weighted by molar-refractivity contribution is 7.80. The Labute approximate surface area is 170 Å². The van der Waals surface area contributed by atoms with Gasteiger partial charge in [-0.3, -0.25) is 4.90 Å². The highest BCUT2D eigenvalue weighted by atomic mass is 35.5. The Hall–Kier alpha value is -2.02. The molecule has 1 fully saturated rings. The molecular formula is C20H24ClN3O2S. The van der Waals surface area contributed by atoms with Crippen LogP contribution in [-0.4, -0.2) is 55.3 Å². The van der Waals surface area contributed by atoms with E-state index in [1.165, 1.54) is 5.56 Å². The van der Waals surface area contributed by atoms with Crippen molar-refractivity contribution < 1.29 is 9.47 Å². The molecule has 1 heterocycles. The summed E-state index contributed by atoms with van der Waals surface area (Å²) in [5.74, 6) is 1.37. The molecule has 1 aliphatic heterocycles. The van der Waals surface area contributed by atoms with Crippen LogP contribution >= 0.6 is 23.8 Å². The van der Waals surface area contributed by atoms with Gasteiger partial charge in [0.1, 0.15) is 0 Å². The second kappa shape index (κ2) is 9.26. The number of benzene rings is 2. The van der Waals surface area contributed by atoms with Crippen molar-refractivity contribution in [2.24, 2.45) is 0 Å². The number of piperazine rings is 1. The van der Waals surface area contributed by atoms with Gasteiger partial charge in [-0.1, -0.05) is 29.8 Å². The van der Waals surface area contributed by atoms with E-state index in [1.807, 2.05) is 36.4 Å². The van der Waals surface area contributed by atoms with Gasteiger partial charge in [0.15, 0.2) is 16.6 Å². The lowest BCUT2D eigenvalue weighted by molar-refractivity contribution is 0.177. The maximum Gasteiger partial charge on any atom is 0.173 e. The minimum Gasteiger partial charge on any atom is -0.493 e. The molecule has 1 aliphatic rings. The zero-order valence-corrected chi connectivity index (χ0v) is 17.1. The third-order valence-corrected chi connectivity index (χ3v) is 5.38. The van der Waals surface area contributed by atoms with Crippen LogP contribution < -0.4 is 14.8 Å². The lowest BCUT2D eigenvalue weighted by atomic mass is 10.2. The quantitative estimate of drug-likeness (QED) is 0.761.